The van der Waals surface area contributed by atoms with Crippen LogP contribution in [0.1, 0.15) is 48.1 Å². The van der Waals surface area contributed by atoms with Gasteiger partial charge in [0.1, 0.15) is 5.82 Å². The molecule has 0 saturated heterocycles. The van der Waals surface area contributed by atoms with Gasteiger partial charge in [-0.25, -0.2) is 13.4 Å². The average molecular weight is 463 g/mol. The molecule has 10 heteroatoms. The fourth-order valence-corrected chi connectivity index (χ4v) is 5.57. The fourth-order valence-electron chi connectivity index (χ4n) is 4.30. The molecule has 2 aromatic carbocycles. The molecule has 1 aliphatic rings. The van der Waals surface area contributed by atoms with Gasteiger partial charge in [0.25, 0.3) is 5.91 Å². The van der Waals surface area contributed by atoms with Crippen LogP contribution in [-0.2, 0) is 16.4 Å². The monoisotopic (exact) mass is 462 g/mol. The van der Waals surface area contributed by atoms with Gasteiger partial charge in [-0.2, -0.15) is 8.78 Å². The highest BCUT2D eigenvalue weighted by molar-refractivity contribution is 7.92. The third-order valence-electron chi connectivity index (χ3n) is 5.68. The Bertz CT molecular complexity index is 1290. The van der Waals surface area contributed by atoms with E-state index in [9.17, 15) is 22.0 Å². The molecule has 0 unspecified atom stereocenters. The van der Waals surface area contributed by atoms with Crippen LogP contribution < -0.4 is 9.62 Å². The van der Waals surface area contributed by atoms with E-state index < -0.39 is 22.5 Å². The molecule has 7 nitrogen and oxygen atoms in total. The minimum absolute atomic E-state index is 0.123. The molecule has 1 aliphatic heterocycles. The van der Waals surface area contributed by atoms with Crippen molar-refractivity contribution in [3.8, 4) is 0 Å². The van der Waals surface area contributed by atoms with Gasteiger partial charge in [0.2, 0.25) is 10.0 Å². The molecule has 2 heterocycles. The summed E-state index contributed by atoms with van der Waals surface area (Å²) in [7, 11) is -3.41. The van der Waals surface area contributed by atoms with Crippen molar-refractivity contribution in [3.05, 3.63) is 59.4 Å². The van der Waals surface area contributed by atoms with Crippen LogP contribution in [0.5, 0.6) is 0 Å². The van der Waals surface area contributed by atoms with Gasteiger partial charge in [0.15, 0.2) is 0 Å². The van der Waals surface area contributed by atoms with Gasteiger partial charge in [0.05, 0.1) is 23.0 Å². The number of nitrogens with zero attached hydrogens (tertiary/aromatic N) is 3. The molecular formula is C22H24F2N4O3S. The minimum Gasteiger partial charge on any atom is -0.351 e. The normalized spacial score (nSPS) is 17.1. The van der Waals surface area contributed by atoms with Crippen LogP contribution in [0.15, 0.2) is 42.5 Å². The summed E-state index contributed by atoms with van der Waals surface area (Å²) in [5, 5.41) is 2.78. The Balaban J connectivity index is 1.51. The molecular weight excluding hydrogens is 438 g/mol. The molecule has 2 atom stereocenters. The van der Waals surface area contributed by atoms with E-state index in [0.29, 0.717) is 28.7 Å². The van der Waals surface area contributed by atoms with E-state index in [4.69, 9.17) is 0 Å². The van der Waals surface area contributed by atoms with Crippen LogP contribution in [0.3, 0.4) is 0 Å². The van der Waals surface area contributed by atoms with Gasteiger partial charge in [-0.15, -0.1) is 0 Å². The van der Waals surface area contributed by atoms with Crippen LogP contribution >= 0.6 is 0 Å². The highest BCUT2D eigenvalue weighted by atomic mass is 32.2. The number of rotatable bonds is 6. The lowest BCUT2D eigenvalue weighted by Crippen LogP contribution is -2.34. The molecule has 0 radical (unpaired) electrons. The summed E-state index contributed by atoms with van der Waals surface area (Å²) in [4.78, 5) is 17.1. The van der Waals surface area contributed by atoms with Crippen molar-refractivity contribution in [2.24, 2.45) is 0 Å². The number of benzene rings is 2. The number of hydrogen-bond acceptors (Lipinski definition) is 4. The number of halogens is 2. The van der Waals surface area contributed by atoms with Crippen molar-refractivity contribution in [1.29, 1.82) is 0 Å². The van der Waals surface area contributed by atoms with E-state index in [1.807, 2.05) is 6.92 Å². The van der Waals surface area contributed by atoms with Crippen LogP contribution in [0.2, 0.25) is 0 Å². The molecule has 4 rings (SSSR count). The fraction of sp³-hybridized carbons (Fsp3) is 0.364. The Hall–Kier alpha value is -3.01. The van der Waals surface area contributed by atoms with Crippen molar-refractivity contribution >= 4 is 32.7 Å². The number of hydrogen-bond donors (Lipinski definition) is 1. The third kappa shape index (κ3) is 3.94. The Morgan fingerprint density at radius 2 is 1.97 bits per heavy atom. The highest BCUT2D eigenvalue weighted by Crippen LogP contribution is 2.34. The van der Waals surface area contributed by atoms with Crippen LogP contribution in [0, 0.1) is 0 Å². The topological polar surface area (TPSA) is 84.3 Å². The maximum atomic E-state index is 13.7. The predicted molar refractivity (Wildman–Crippen MR) is 119 cm³/mol. The second kappa shape index (κ2) is 8.16. The summed E-state index contributed by atoms with van der Waals surface area (Å²) in [5.41, 5.74) is 2.57. The van der Waals surface area contributed by atoms with Gasteiger partial charge in [-0.05, 0) is 49.2 Å². The number of imidazole rings is 1. The number of amides is 1. The first kappa shape index (κ1) is 22.2. The Kier molecular flexibility index (Phi) is 5.66. The number of carbonyl (C=O) groups is 1. The first-order chi connectivity index (χ1) is 15.1. The molecule has 1 aromatic heterocycles. The summed E-state index contributed by atoms with van der Waals surface area (Å²) >= 11 is 0. The lowest BCUT2D eigenvalue weighted by Gasteiger charge is -2.22. The SMILES string of the molecule is C[C@@H]1Cc2cc(C(=O)NC[C@H](C)c3nc4ccccc4n3C(F)F)ccc2N1S(C)(=O)=O. The second-order valence-corrected chi connectivity index (χ2v) is 10.0. The van der Waals surface area contributed by atoms with Crippen LogP contribution in [-0.4, -0.2) is 42.7 Å². The number of nitrogens with one attached hydrogen (secondary N) is 1. The van der Waals surface area contributed by atoms with Crippen LogP contribution in [0.4, 0.5) is 14.5 Å². The molecule has 32 heavy (non-hydrogen) atoms. The molecule has 0 saturated carbocycles. The van der Waals surface area contributed by atoms with E-state index in [1.54, 1.807) is 49.4 Å². The van der Waals surface area contributed by atoms with E-state index >= 15 is 0 Å². The zero-order valence-electron chi connectivity index (χ0n) is 17.9. The number of sulfonamides is 1. The maximum absolute atomic E-state index is 13.7. The van der Waals surface area contributed by atoms with E-state index in [0.717, 1.165) is 16.4 Å². The van der Waals surface area contributed by atoms with Crippen molar-refractivity contribution in [2.75, 3.05) is 17.1 Å². The van der Waals surface area contributed by atoms with Crippen molar-refractivity contribution < 1.29 is 22.0 Å². The Morgan fingerprint density at radius 1 is 1.25 bits per heavy atom. The molecule has 1 amide bonds. The molecule has 0 aliphatic carbocycles. The van der Waals surface area contributed by atoms with E-state index in [1.165, 1.54) is 4.31 Å². The Morgan fingerprint density at radius 3 is 2.66 bits per heavy atom. The standard InChI is InChI=1S/C22H24F2N4O3S/c1-13(20-26-17-6-4-5-7-19(17)27(20)22(23)24)12-25-21(29)15-8-9-18-16(11-15)10-14(2)28(18)32(3,30)31/h4-9,11,13-14,22H,10,12H2,1-3H3,(H,25,29)/t13-,14+/m0/s1. The lowest BCUT2D eigenvalue weighted by molar-refractivity contribution is 0.0704. The summed E-state index contributed by atoms with van der Waals surface area (Å²) in [5.74, 6) is -0.603. The minimum atomic E-state index is -3.41. The van der Waals surface area contributed by atoms with Gasteiger partial charge in [-0.1, -0.05) is 19.1 Å². The zero-order chi connectivity index (χ0) is 23.2. The summed E-state index contributed by atoms with van der Waals surface area (Å²) in [6.45, 7) is 0.927. The van der Waals surface area contributed by atoms with Gasteiger partial charge in [0, 0.05) is 24.1 Å². The average Bonchev–Trinajstić information content (AvgIpc) is 3.27. The van der Waals surface area contributed by atoms with Crippen molar-refractivity contribution in [3.63, 3.8) is 0 Å². The van der Waals surface area contributed by atoms with Gasteiger partial charge >= 0.3 is 6.55 Å². The van der Waals surface area contributed by atoms with E-state index in [2.05, 4.69) is 10.3 Å². The number of carbonyl (C=O) groups excluding carboxylic acids is 1. The number of alkyl halides is 2. The maximum Gasteiger partial charge on any atom is 0.320 e. The van der Waals surface area contributed by atoms with Crippen molar-refractivity contribution in [1.82, 2.24) is 14.9 Å². The summed E-state index contributed by atoms with van der Waals surface area (Å²) in [6, 6.07) is 11.4. The molecule has 3 aromatic rings. The predicted octanol–water partition coefficient (Wildman–Crippen LogP) is 3.68. The lowest BCUT2D eigenvalue weighted by atomic mass is 10.1. The van der Waals surface area contributed by atoms with Gasteiger partial charge in [-0.3, -0.25) is 13.7 Å². The summed E-state index contributed by atoms with van der Waals surface area (Å²) < 4.78 is 53.7. The number of para-hydroxylation sites is 2. The molecule has 0 fully saturated rings. The molecule has 0 bridgehead atoms. The number of anilines is 1. The Labute approximate surface area is 185 Å². The number of aromatic nitrogens is 2. The number of fused-ring (bicyclic) bond motifs is 2. The highest BCUT2D eigenvalue weighted by Gasteiger charge is 2.33. The first-order valence-electron chi connectivity index (χ1n) is 10.2. The van der Waals surface area contributed by atoms with Crippen LogP contribution in [0.25, 0.3) is 11.0 Å². The van der Waals surface area contributed by atoms with Crippen molar-refractivity contribution in [2.45, 2.75) is 38.8 Å². The van der Waals surface area contributed by atoms with Gasteiger partial charge < -0.3 is 5.32 Å². The smallest absolute Gasteiger partial charge is 0.320 e. The van der Waals surface area contributed by atoms with E-state index in [-0.39, 0.29) is 24.3 Å². The zero-order valence-corrected chi connectivity index (χ0v) is 18.7. The molecule has 170 valence electrons. The first-order valence-corrected chi connectivity index (χ1v) is 12.1. The quantitative estimate of drug-likeness (QED) is 0.606. The summed E-state index contributed by atoms with van der Waals surface area (Å²) in [6.07, 6.45) is 1.67. The largest absolute Gasteiger partial charge is 0.351 e. The third-order valence-corrected chi connectivity index (χ3v) is 6.95. The molecule has 1 N–H and O–H groups in total. The second-order valence-electron chi connectivity index (χ2n) is 8.17. The molecule has 0 spiro atoms.